The molecule has 1 heterocycles. The molecule has 1 aromatic rings. The Morgan fingerprint density at radius 3 is 2.53 bits per heavy atom. The maximum Gasteiger partial charge on any atom is 0.443 e. The van der Waals surface area contributed by atoms with Crippen LogP contribution in [0.5, 0.6) is 0 Å². The van der Waals surface area contributed by atoms with Crippen molar-refractivity contribution in [3.63, 3.8) is 0 Å². The van der Waals surface area contributed by atoms with E-state index >= 15 is 0 Å². The highest BCUT2D eigenvalue weighted by Crippen LogP contribution is 2.33. The van der Waals surface area contributed by atoms with Gasteiger partial charge < -0.3 is 5.73 Å². The van der Waals surface area contributed by atoms with Crippen molar-refractivity contribution in [2.45, 2.75) is 11.9 Å². The highest BCUT2D eigenvalue weighted by atomic mass is 32.2. The molecule has 84 valence electrons. The quantitative estimate of drug-likeness (QED) is 0.651. The molecule has 3 nitrogen and oxygen atoms in total. The van der Waals surface area contributed by atoms with Gasteiger partial charge in [-0.1, -0.05) is 0 Å². The first-order valence-corrected chi connectivity index (χ1v) is 5.77. The molecule has 0 unspecified atom stereocenters. The van der Waals surface area contributed by atoms with Gasteiger partial charge >= 0.3 is 6.18 Å². The molecule has 0 aromatic carbocycles. The van der Waals surface area contributed by atoms with Gasteiger partial charge in [0.15, 0.2) is 11.2 Å². The van der Waals surface area contributed by atoms with E-state index in [1.165, 1.54) is 24.2 Å². The number of hydrogen-bond acceptors (Lipinski definition) is 5. The minimum atomic E-state index is -4.29. The van der Waals surface area contributed by atoms with E-state index in [-0.39, 0.29) is 0 Å². The number of halogens is 3. The van der Waals surface area contributed by atoms with E-state index in [2.05, 4.69) is 10.7 Å². The van der Waals surface area contributed by atoms with Gasteiger partial charge in [0, 0.05) is 16.8 Å². The van der Waals surface area contributed by atoms with Gasteiger partial charge in [-0.2, -0.15) is 30.2 Å². The molecule has 1 aromatic heterocycles. The van der Waals surface area contributed by atoms with Crippen LogP contribution in [0.4, 0.5) is 13.2 Å². The van der Waals surface area contributed by atoms with Crippen LogP contribution in [0.1, 0.15) is 9.88 Å². The molecule has 2 N–H and O–H groups in total. The highest BCUT2D eigenvalue weighted by Gasteiger charge is 2.34. The predicted octanol–water partition coefficient (Wildman–Crippen LogP) is 2.45. The average molecular weight is 255 g/mol. The standard InChI is InChI=1S/C6H6F3NS2.CH2N2/c1-11-3-4-2-10-5(12-4)6(7,8)9;2-1-3/h2H,3H2,1H3;2H2. The fourth-order valence-electron chi connectivity index (χ4n) is 0.648. The maximum atomic E-state index is 12.0. The Morgan fingerprint density at radius 2 is 2.20 bits per heavy atom. The number of thiazole rings is 1. The van der Waals surface area contributed by atoms with Crippen molar-refractivity contribution in [3.8, 4) is 6.19 Å². The van der Waals surface area contributed by atoms with Crippen LogP contribution in [0, 0.1) is 11.5 Å². The number of alkyl halides is 3. The van der Waals surface area contributed by atoms with Gasteiger partial charge in [-0.3, -0.25) is 0 Å². The molecule has 0 bridgehead atoms. The number of hydrogen-bond donors (Lipinski definition) is 1. The average Bonchev–Trinajstić information content (AvgIpc) is 2.54. The summed E-state index contributed by atoms with van der Waals surface area (Å²) >= 11 is 2.19. The molecule has 0 aliphatic heterocycles. The zero-order chi connectivity index (χ0) is 11.9. The first kappa shape index (κ1) is 14.1. The minimum Gasteiger partial charge on any atom is -0.337 e. The fourth-order valence-corrected chi connectivity index (χ4v) is 2.17. The third-order valence-corrected chi connectivity index (χ3v) is 2.91. The Balaban J connectivity index is 0.000000583. The molecule has 0 aliphatic carbocycles. The lowest BCUT2D eigenvalue weighted by Crippen LogP contribution is -2.02. The normalized spacial score (nSPS) is 10.1. The van der Waals surface area contributed by atoms with Gasteiger partial charge in [-0.15, -0.1) is 11.3 Å². The van der Waals surface area contributed by atoms with Crippen LogP contribution in [0.15, 0.2) is 6.20 Å². The predicted molar refractivity (Wildman–Crippen MR) is 54.1 cm³/mol. The molecule has 0 aliphatic rings. The van der Waals surface area contributed by atoms with E-state index in [9.17, 15) is 13.2 Å². The lowest BCUT2D eigenvalue weighted by molar-refractivity contribution is -0.137. The van der Waals surface area contributed by atoms with Gasteiger partial charge in [0.25, 0.3) is 0 Å². The van der Waals surface area contributed by atoms with Crippen molar-refractivity contribution in [2.75, 3.05) is 6.26 Å². The van der Waals surface area contributed by atoms with Gasteiger partial charge in [-0.25, -0.2) is 4.98 Å². The van der Waals surface area contributed by atoms with Gasteiger partial charge in [0.05, 0.1) is 0 Å². The summed E-state index contributed by atoms with van der Waals surface area (Å²) in [5.74, 6) is 0.591. The molecular formula is C7H8F3N3S2. The third kappa shape index (κ3) is 5.49. The van der Waals surface area contributed by atoms with E-state index in [4.69, 9.17) is 5.26 Å². The first-order chi connectivity index (χ1) is 6.95. The van der Waals surface area contributed by atoms with Crippen LogP contribution in [0.25, 0.3) is 0 Å². The van der Waals surface area contributed by atoms with Crippen LogP contribution in [0.2, 0.25) is 0 Å². The van der Waals surface area contributed by atoms with Crippen LogP contribution in [-0.2, 0) is 11.9 Å². The van der Waals surface area contributed by atoms with Crippen LogP contribution in [0.3, 0.4) is 0 Å². The first-order valence-electron chi connectivity index (χ1n) is 3.56. The summed E-state index contributed by atoms with van der Waals surface area (Å²) in [7, 11) is 0. The van der Waals surface area contributed by atoms with Crippen molar-refractivity contribution >= 4 is 23.1 Å². The summed E-state index contributed by atoms with van der Waals surface area (Å²) in [5, 5.41) is 6.34. The summed E-state index contributed by atoms with van der Waals surface area (Å²) in [4.78, 5) is 3.95. The minimum absolute atomic E-state index is 0.591. The summed E-state index contributed by atoms with van der Waals surface area (Å²) in [5.41, 5.74) is 4.15. The van der Waals surface area contributed by atoms with Gasteiger partial charge in [0.1, 0.15) is 0 Å². The van der Waals surface area contributed by atoms with E-state index < -0.39 is 11.2 Å². The molecule has 0 fully saturated rings. The fraction of sp³-hybridized carbons (Fsp3) is 0.429. The molecule has 15 heavy (non-hydrogen) atoms. The van der Waals surface area contributed by atoms with Crippen molar-refractivity contribution in [3.05, 3.63) is 16.1 Å². The SMILES string of the molecule is CSCc1cnc(C(F)(F)F)s1.N#CN. The molecule has 8 heteroatoms. The number of nitrogens with two attached hydrogens (primary N) is 1. The zero-order valence-electron chi connectivity index (χ0n) is 7.71. The van der Waals surface area contributed by atoms with Gasteiger partial charge in [-0.05, 0) is 6.26 Å². The second-order valence-electron chi connectivity index (χ2n) is 2.19. The summed E-state index contributed by atoms with van der Waals surface area (Å²) in [6.45, 7) is 0. The van der Waals surface area contributed by atoms with E-state index in [0.717, 1.165) is 0 Å². The van der Waals surface area contributed by atoms with Crippen LogP contribution < -0.4 is 5.73 Å². The zero-order valence-corrected chi connectivity index (χ0v) is 9.34. The van der Waals surface area contributed by atoms with E-state index in [1.54, 1.807) is 0 Å². The van der Waals surface area contributed by atoms with E-state index in [1.807, 2.05) is 6.26 Å². The second-order valence-corrected chi connectivity index (χ2v) is 4.17. The van der Waals surface area contributed by atoms with Crippen molar-refractivity contribution in [2.24, 2.45) is 5.73 Å². The van der Waals surface area contributed by atoms with Crippen LogP contribution in [-0.4, -0.2) is 11.2 Å². The summed E-state index contributed by atoms with van der Waals surface area (Å²) in [6.07, 6.45) is 0.0816. The van der Waals surface area contributed by atoms with E-state index in [0.29, 0.717) is 22.0 Å². The molecule has 0 spiro atoms. The molecule has 0 saturated carbocycles. The number of rotatable bonds is 2. The van der Waals surface area contributed by atoms with Crippen molar-refractivity contribution in [1.29, 1.82) is 5.26 Å². The molecule has 0 radical (unpaired) electrons. The summed E-state index contributed by atoms with van der Waals surface area (Å²) in [6, 6.07) is 0. The number of nitrogens with zero attached hydrogens (tertiary/aromatic N) is 2. The topological polar surface area (TPSA) is 62.7 Å². The molecule has 1 rings (SSSR count). The highest BCUT2D eigenvalue weighted by molar-refractivity contribution is 7.97. The Bertz CT molecular complexity index is 329. The second kappa shape index (κ2) is 6.53. The molecule has 0 amide bonds. The molecule has 0 atom stereocenters. The Kier molecular flexibility index (Phi) is 6.12. The lowest BCUT2D eigenvalue weighted by Gasteiger charge is -1.98. The lowest BCUT2D eigenvalue weighted by atomic mass is 10.6. The third-order valence-electron chi connectivity index (χ3n) is 1.08. The van der Waals surface area contributed by atoms with Crippen molar-refractivity contribution < 1.29 is 13.2 Å². The Morgan fingerprint density at radius 1 is 1.67 bits per heavy atom. The van der Waals surface area contributed by atoms with Crippen molar-refractivity contribution in [1.82, 2.24) is 4.98 Å². The summed E-state index contributed by atoms with van der Waals surface area (Å²) < 4.78 is 35.9. The molecular weight excluding hydrogens is 247 g/mol. The maximum absolute atomic E-state index is 12.0. The Labute approximate surface area is 93.1 Å². The number of aromatic nitrogens is 1. The smallest absolute Gasteiger partial charge is 0.337 e. The van der Waals surface area contributed by atoms with Crippen LogP contribution >= 0.6 is 23.1 Å². The number of thioether (sulfide) groups is 1. The monoisotopic (exact) mass is 255 g/mol. The molecule has 0 saturated heterocycles. The number of nitriles is 1. The van der Waals surface area contributed by atoms with Gasteiger partial charge in [0.2, 0.25) is 0 Å². The Hall–Kier alpha value is -0.940. The largest absolute Gasteiger partial charge is 0.443 e.